The van der Waals surface area contributed by atoms with Crippen molar-refractivity contribution in [2.45, 2.75) is 13.2 Å². The van der Waals surface area contributed by atoms with Gasteiger partial charge in [-0.15, -0.1) is 0 Å². The van der Waals surface area contributed by atoms with Crippen molar-refractivity contribution >= 4 is 34.1 Å². The summed E-state index contributed by atoms with van der Waals surface area (Å²) in [6, 6.07) is 13.9. The van der Waals surface area contributed by atoms with Crippen LogP contribution < -0.4 is 0 Å². The number of hydrogen-bond acceptors (Lipinski definition) is 2. The second-order valence-corrected chi connectivity index (χ2v) is 5.85. The first kappa shape index (κ1) is 15.4. The summed E-state index contributed by atoms with van der Waals surface area (Å²) in [4.78, 5) is 9.60. The highest BCUT2D eigenvalue weighted by Crippen LogP contribution is 2.24. The van der Waals surface area contributed by atoms with Gasteiger partial charge in [0.1, 0.15) is 6.61 Å². The quantitative estimate of drug-likeness (QED) is 0.479. The summed E-state index contributed by atoms with van der Waals surface area (Å²) >= 11 is 12.2. The largest absolute Gasteiger partial charge is 0.343 e. The van der Waals surface area contributed by atoms with Gasteiger partial charge in [0.05, 0.1) is 7.11 Å². The van der Waals surface area contributed by atoms with Crippen LogP contribution in [-0.2, 0) is 22.9 Å². The standard InChI is InChI=1S/C17H15Cl2NO2/c1-21-22-11-12-2-5-17-13(8-12)6-7-20(17)10-14-3-4-15(18)9-16(14)19/h2-9H,10-11H2,1H3. The van der Waals surface area contributed by atoms with E-state index in [1.54, 1.807) is 6.07 Å². The van der Waals surface area contributed by atoms with Gasteiger partial charge in [0, 0.05) is 28.3 Å². The highest BCUT2D eigenvalue weighted by Gasteiger charge is 2.06. The Morgan fingerprint density at radius 1 is 1.05 bits per heavy atom. The van der Waals surface area contributed by atoms with Gasteiger partial charge in [0.2, 0.25) is 0 Å². The Kier molecular flexibility index (Phi) is 4.69. The molecule has 0 atom stereocenters. The minimum absolute atomic E-state index is 0.431. The molecule has 2 aromatic carbocycles. The van der Waals surface area contributed by atoms with E-state index in [0.29, 0.717) is 23.2 Å². The first-order valence-electron chi connectivity index (χ1n) is 6.84. The van der Waals surface area contributed by atoms with Crippen LogP contribution in [-0.4, -0.2) is 11.7 Å². The molecule has 114 valence electrons. The van der Waals surface area contributed by atoms with Crippen LogP contribution in [0.5, 0.6) is 0 Å². The van der Waals surface area contributed by atoms with E-state index in [4.69, 9.17) is 28.1 Å². The molecule has 22 heavy (non-hydrogen) atoms. The molecule has 0 saturated heterocycles. The second kappa shape index (κ2) is 6.71. The SMILES string of the molecule is COOCc1ccc2c(ccn2Cc2ccc(Cl)cc2Cl)c1. The number of fused-ring (bicyclic) bond motifs is 1. The molecule has 0 fully saturated rings. The van der Waals surface area contributed by atoms with Crippen molar-refractivity contribution in [3.8, 4) is 0 Å². The Morgan fingerprint density at radius 2 is 1.91 bits per heavy atom. The molecule has 3 rings (SSSR count). The van der Waals surface area contributed by atoms with E-state index in [1.807, 2.05) is 18.2 Å². The van der Waals surface area contributed by atoms with Crippen molar-refractivity contribution in [1.82, 2.24) is 4.57 Å². The molecule has 0 N–H and O–H groups in total. The molecule has 0 saturated carbocycles. The molecule has 0 aliphatic heterocycles. The fourth-order valence-corrected chi connectivity index (χ4v) is 2.91. The first-order chi connectivity index (χ1) is 10.7. The predicted molar refractivity (Wildman–Crippen MR) is 89.3 cm³/mol. The maximum Gasteiger partial charge on any atom is 0.107 e. The second-order valence-electron chi connectivity index (χ2n) is 5.00. The molecule has 0 unspecified atom stereocenters. The summed E-state index contributed by atoms with van der Waals surface area (Å²) in [6.45, 7) is 1.13. The van der Waals surface area contributed by atoms with Crippen LogP contribution in [0.25, 0.3) is 10.9 Å². The van der Waals surface area contributed by atoms with E-state index < -0.39 is 0 Å². The Labute approximate surface area is 138 Å². The van der Waals surface area contributed by atoms with Crippen LogP contribution in [0.1, 0.15) is 11.1 Å². The molecule has 0 amide bonds. The van der Waals surface area contributed by atoms with Gasteiger partial charge >= 0.3 is 0 Å². The van der Waals surface area contributed by atoms with Crippen LogP contribution in [0.3, 0.4) is 0 Å². The molecule has 3 aromatic rings. The minimum atomic E-state index is 0.431. The normalized spacial score (nSPS) is 11.2. The molecular formula is C17H15Cl2NO2. The van der Waals surface area contributed by atoms with Gasteiger partial charge in [-0.25, -0.2) is 9.78 Å². The molecular weight excluding hydrogens is 321 g/mol. The summed E-state index contributed by atoms with van der Waals surface area (Å²) in [5, 5.41) is 2.48. The minimum Gasteiger partial charge on any atom is -0.343 e. The fraction of sp³-hybridized carbons (Fsp3) is 0.176. The van der Waals surface area contributed by atoms with Crippen LogP contribution >= 0.6 is 23.2 Å². The smallest absolute Gasteiger partial charge is 0.107 e. The summed E-state index contributed by atoms with van der Waals surface area (Å²) in [5.74, 6) is 0. The van der Waals surface area contributed by atoms with E-state index in [9.17, 15) is 0 Å². The van der Waals surface area contributed by atoms with Gasteiger partial charge in [-0.3, -0.25) is 0 Å². The highest BCUT2D eigenvalue weighted by molar-refractivity contribution is 6.35. The molecule has 5 heteroatoms. The van der Waals surface area contributed by atoms with Gasteiger partial charge < -0.3 is 4.57 Å². The number of hydrogen-bond donors (Lipinski definition) is 0. The van der Waals surface area contributed by atoms with Gasteiger partial charge in [-0.05, 0) is 46.8 Å². The summed E-state index contributed by atoms with van der Waals surface area (Å²) in [5.41, 5.74) is 3.25. The highest BCUT2D eigenvalue weighted by atomic mass is 35.5. The lowest BCUT2D eigenvalue weighted by Gasteiger charge is -2.08. The number of nitrogens with zero attached hydrogens (tertiary/aromatic N) is 1. The van der Waals surface area contributed by atoms with E-state index in [0.717, 1.165) is 22.0 Å². The van der Waals surface area contributed by atoms with Crippen molar-refractivity contribution in [1.29, 1.82) is 0 Å². The maximum atomic E-state index is 6.25. The van der Waals surface area contributed by atoms with Crippen molar-refractivity contribution in [2.75, 3.05) is 7.11 Å². The lowest BCUT2D eigenvalue weighted by molar-refractivity contribution is -0.282. The third kappa shape index (κ3) is 3.28. The first-order valence-corrected chi connectivity index (χ1v) is 7.60. The Balaban J connectivity index is 1.88. The molecule has 0 spiro atoms. The van der Waals surface area contributed by atoms with Crippen molar-refractivity contribution in [3.05, 3.63) is 69.8 Å². The topological polar surface area (TPSA) is 23.4 Å². The van der Waals surface area contributed by atoms with E-state index >= 15 is 0 Å². The molecule has 0 bridgehead atoms. The van der Waals surface area contributed by atoms with Crippen molar-refractivity contribution in [3.63, 3.8) is 0 Å². The lowest BCUT2D eigenvalue weighted by Crippen LogP contribution is -1.99. The van der Waals surface area contributed by atoms with Gasteiger partial charge in [-0.1, -0.05) is 35.3 Å². The predicted octanol–water partition coefficient (Wildman–Crippen LogP) is 5.07. The third-order valence-electron chi connectivity index (χ3n) is 3.53. The number of benzene rings is 2. The van der Waals surface area contributed by atoms with E-state index in [-0.39, 0.29) is 0 Å². The van der Waals surface area contributed by atoms with E-state index in [1.165, 1.54) is 7.11 Å². The molecule has 1 heterocycles. The molecule has 3 nitrogen and oxygen atoms in total. The Bertz CT molecular complexity index is 798. The zero-order valence-corrected chi connectivity index (χ0v) is 13.6. The molecule has 1 aromatic heterocycles. The molecule has 0 aliphatic rings. The summed E-state index contributed by atoms with van der Waals surface area (Å²) in [6.07, 6.45) is 2.05. The van der Waals surface area contributed by atoms with Crippen LogP contribution in [0.15, 0.2) is 48.7 Å². The molecule has 0 radical (unpaired) electrons. The van der Waals surface area contributed by atoms with Crippen molar-refractivity contribution < 1.29 is 9.78 Å². The maximum absolute atomic E-state index is 6.25. The van der Waals surface area contributed by atoms with Crippen LogP contribution in [0.4, 0.5) is 0 Å². The van der Waals surface area contributed by atoms with Gasteiger partial charge in [0.25, 0.3) is 0 Å². The van der Waals surface area contributed by atoms with Gasteiger partial charge in [0.15, 0.2) is 0 Å². The fourth-order valence-electron chi connectivity index (χ4n) is 2.44. The lowest BCUT2D eigenvalue weighted by atomic mass is 10.1. The van der Waals surface area contributed by atoms with Crippen molar-refractivity contribution in [2.24, 2.45) is 0 Å². The summed E-state index contributed by atoms with van der Waals surface area (Å²) in [7, 11) is 1.50. The third-order valence-corrected chi connectivity index (χ3v) is 4.12. The average molecular weight is 336 g/mol. The van der Waals surface area contributed by atoms with Crippen LogP contribution in [0, 0.1) is 0 Å². The number of rotatable bonds is 5. The monoisotopic (exact) mass is 335 g/mol. The Morgan fingerprint density at radius 3 is 2.68 bits per heavy atom. The Hall–Kier alpha value is -1.52. The van der Waals surface area contributed by atoms with Crippen LogP contribution in [0.2, 0.25) is 10.0 Å². The number of aromatic nitrogens is 1. The molecule has 0 aliphatic carbocycles. The summed E-state index contributed by atoms with van der Waals surface area (Å²) < 4.78 is 2.16. The van der Waals surface area contributed by atoms with Gasteiger partial charge in [-0.2, -0.15) is 0 Å². The number of halogens is 2. The van der Waals surface area contributed by atoms with E-state index in [2.05, 4.69) is 33.9 Å². The average Bonchev–Trinajstić information content (AvgIpc) is 2.90. The zero-order valence-electron chi connectivity index (χ0n) is 12.1. The zero-order chi connectivity index (χ0) is 15.5.